The second-order valence-electron chi connectivity index (χ2n) is 6.41. The molecule has 3 fully saturated rings. The van der Waals surface area contributed by atoms with Gasteiger partial charge in [-0.25, -0.2) is 9.97 Å². The van der Waals surface area contributed by atoms with Crippen LogP contribution >= 0.6 is 0 Å². The molecule has 3 aliphatic rings. The van der Waals surface area contributed by atoms with E-state index in [2.05, 4.69) is 43.8 Å². The van der Waals surface area contributed by atoms with Crippen molar-refractivity contribution in [3.8, 4) is 0 Å². The van der Waals surface area contributed by atoms with Crippen LogP contribution in [0.25, 0.3) is 0 Å². The molecule has 0 N–H and O–H groups in total. The van der Waals surface area contributed by atoms with Gasteiger partial charge in [-0.1, -0.05) is 6.07 Å². The van der Waals surface area contributed by atoms with Crippen molar-refractivity contribution in [3.05, 3.63) is 47.7 Å². The maximum absolute atomic E-state index is 4.54. The summed E-state index contributed by atoms with van der Waals surface area (Å²) < 4.78 is 0. The minimum absolute atomic E-state index is 0.621. The van der Waals surface area contributed by atoms with Gasteiger partial charge in [-0.2, -0.15) is 0 Å². The van der Waals surface area contributed by atoms with E-state index in [1.165, 1.54) is 17.7 Å². The fourth-order valence-electron chi connectivity index (χ4n) is 3.60. The highest BCUT2D eigenvalue weighted by molar-refractivity contribution is 5.41. The Morgan fingerprint density at radius 2 is 1.95 bits per heavy atom. The third-order valence-electron chi connectivity index (χ3n) is 4.91. The fraction of sp³-hybridized carbons (Fsp3) is 0.471. The van der Waals surface area contributed by atoms with Gasteiger partial charge < -0.3 is 4.90 Å². The maximum atomic E-state index is 4.54. The van der Waals surface area contributed by atoms with Gasteiger partial charge in [0.15, 0.2) is 0 Å². The number of hydrogen-bond donors (Lipinski definition) is 0. The van der Waals surface area contributed by atoms with Crippen LogP contribution in [0.3, 0.4) is 0 Å². The number of rotatable bonds is 3. The average molecular weight is 295 g/mol. The molecule has 5 heteroatoms. The molecule has 2 bridgehead atoms. The highest BCUT2D eigenvalue weighted by Crippen LogP contribution is 2.35. The van der Waals surface area contributed by atoms with E-state index in [1.54, 1.807) is 6.33 Å². The molecule has 22 heavy (non-hydrogen) atoms. The van der Waals surface area contributed by atoms with Crippen LogP contribution in [0.15, 0.2) is 30.7 Å². The van der Waals surface area contributed by atoms with Crippen LogP contribution in [0.4, 0.5) is 5.82 Å². The van der Waals surface area contributed by atoms with Gasteiger partial charge in [-0.15, -0.1) is 0 Å². The third kappa shape index (κ3) is 2.35. The van der Waals surface area contributed by atoms with E-state index < -0.39 is 0 Å². The van der Waals surface area contributed by atoms with E-state index in [0.29, 0.717) is 12.1 Å². The van der Waals surface area contributed by atoms with Crippen molar-refractivity contribution in [1.29, 1.82) is 0 Å². The molecule has 3 saturated heterocycles. The first kappa shape index (κ1) is 13.6. The van der Waals surface area contributed by atoms with Crippen molar-refractivity contribution in [3.63, 3.8) is 0 Å². The highest BCUT2D eigenvalue weighted by Gasteiger charge is 2.44. The molecule has 5 heterocycles. The van der Waals surface area contributed by atoms with Crippen molar-refractivity contribution < 1.29 is 0 Å². The molecule has 0 aliphatic carbocycles. The summed E-state index contributed by atoms with van der Waals surface area (Å²) in [7, 11) is 0. The molecule has 5 nitrogen and oxygen atoms in total. The lowest BCUT2D eigenvalue weighted by Gasteiger charge is -2.56. The standard InChI is InChI=1S/C17H21N5/c1-12-4-3-5-18-16(12)10-22-14-7-15(22)9-21(8-14)17-6-13(2)19-11-20-17/h3-6,11,14-15H,7-10H2,1-2H3. The van der Waals surface area contributed by atoms with Crippen molar-refractivity contribution in [2.24, 2.45) is 0 Å². The molecule has 5 rings (SSSR count). The van der Waals surface area contributed by atoms with Gasteiger partial charge in [0, 0.05) is 49.7 Å². The molecule has 3 aliphatic heterocycles. The van der Waals surface area contributed by atoms with Gasteiger partial charge in [0.05, 0.1) is 5.69 Å². The van der Waals surface area contributed by atoms with Crippen molar-refractivity contribution in [2.75, 3.05) is 18.0 Å². The van der Waals surface area contributed by atoms with Gasteiger partial charge in [0.2, 0.25) is 0 Å². The summed E-state index contributed by atoms with van der Waals surface area (Å²) in [6.07, 6.45) is 4.86. The van der Waals surface area contributed by atoms with Crippen LogP contribution in [0.2, 0.25) is 0 Å². The molecule has 114 valence electrons. The molecule has 0 aromatic carbocycles. The highest BCUT2D eigenvalue weighted by atomic mass is 15.4. The molecule has 0 spiro atoms. The van der Waals surface area contributed by atoms with Crippen LogP contribution in [0.5, 0.6) is 0 Å². The second kappa shape index (κ2) is 5.32. The Balaban J connectivity index is 1.46. The Hall–Kier alpha value is -2.01. The number of nitrogens with zero attached hydrogens (tertiary/aromatic N) is 5. The molecule has 0 radical (unpaired) electrons. The average Bonchev–Trinajstić information content (AvgIpc) is 2.54. The van der Waals surface area contributed by atoms with E-state index >= 15 is 0 Å². The van der Waals surface area contributed by atoms with Gasteiger partial charge >= 0.3 is 0 Å². The lowest BCUT2D eigenvalue weighted by Crippen LogP contribution is -2.68. The summed E-state index contributed by atoms with van der Waals surface area (Å²) in [5.74, 6) is 1.07. The SMILES string of the molecule is Cc1cc(N2CC3CC(C2)N3Cc2ncccc2C)ncn1. The second-order valence-corrected chi connectivity index (χ2v) is 6.41. The van der Waals surface area contributed by atoms with Gasteiger partial charge in [0.25, 0.3) is 0 Å². The number of anilines is 1. The van der Waals surface area contributed by atoms with E-state index in [-0.39, 0.29) is 0 Å². The van der Waals surface area contributed by atoms with E-state index in [0.717, 1.165) is 31.1 Å². The number of aromatic nitrogens is 3. The molecule has 0 saturated carbocycles. The Labute approximate surface area is 131 Å². The van der Waals surface area contributed by atoms with Crippen molar-refractivity contribution in [2.45, 2.75) is 38.9 Å². The number of piperidine rings is 1. The van der Waals surface area contributed by atoms with Gasteiger partial charge in [-0.3, -0.25) is 9.88 Å². The van der Waals surface area contributed by atoms with Gasteiger partial charge in [-0.05, 0) is 31.9 Å². The summed E-state index contributed by atoms with van der Waals surface area (Å²) in [6.45, 7) is 7.25. The normalized spacial score (nSPS) is 24.2. The summed E-state index contributed by atoms with van der Waals surface area (Å²) >= 11 is 0. The lowest BCUT2D eigenvalue weighted by atomic mass is 9.87. The monoisotopic (exact) mass is 295 g/mol. The van der Waals surface area contributed by atoms with Crippen LogP contribution in [-0.2, 0) is 6.54 Å². The molecule has 2 unspecified atom stereocenters. The predicted molar refractivity (Wildman–Crippen MR) is 85.7 cm³/mol. The minimum atomic E-state index is 0.621. The topological polar surface area (TPSA) is 45.2 Å². The fourth-order valence-corrected chi connectivity index (χ4v) is 3.60. The Kier molecular flexibility index (Phi) is 3.30. The molecule has 2 atom stereocenters. The summed E-state index contributed by atoms with van der Waals surface area (Å²) in [6, 6.07) is 7.48. The van der Waals surface area contributed by atoms with Crippen LogP contribution in [-0.4, -0.2) is 45.0 Å². The molecular weight excluding hydrogens is 274 g/mol. The zero-order valence-corrected chi connectivity index (χ0v) is 13.1. The van der Waals surface area contributed by atoms with Crippen LogP contribution in [0.1, 0.15) is 23.4 Å². The smallest absolute Gasteiger partial charge is 0.132 e. The lowest BCUT2D eigenvalue weighted by molar-refractivity contribution is -0.00984. The van der Waals surface area contributed by atoms with Crippen molar-refractivity contribution in [1.82, 2.24) is 19.9 Å². The van der Waals surface area contributed by atoms with Crippen molar-refractivity contribution >= 4 is 5.82 Å². The first-order valence-electron chi connectivity index (χ1n) is 7.90. The Bertz CT molecular complexity index is 674. The third-order valence-corrected chi connectivity index (χ3v) is 4.91. The minimum Gasteiger partial charge on any atom is -0.353 e. The summed E-state index contributed by atoms with van der Waals surface area (Å²) in [4.78, 5) is 18.1. The summed E-state index contributed by atoms with van der Waals surface area (Å²) in [5.41, 5.74) is 3.53. The number of fused-ring (bicyclic) bond motifs is 2. The first-order chi connectivity index (χ1) is 10.7. The number of hydrogen-bond acceptors (Lipinski definition) is 5. The van der Waals surface area contributed by atoms with E-state index in [1.807, 2.05) is 19.2 Å². The molecular formula is C17H21N5. The quantitative estimate of drug-likeness (QED) is 0.866. The number of aryl methyl sites for hydroxylation is 2. The first-order valence-corrected chi connectivity index (χ1v) is 7.90. The largest absolute Gasteiger partial charge is 0.353 e. The molecule has 0 amide bonds. The Morgan fingerprint density at radius 1 is 1.14 bits per heavy atom. The number of pyridine rings is 1. The number of piperazine rings is 1. The molecule has 2 aromatic rings. The zero-order valence-electron chi connectivity index (χ0n) is 13.1. The Morgan fingerprint density at radius 3 is 2.68 bits per heavy atom. The van der Waals surface area contributed by atoms with Crippen LogP contribution in [0, 0.1) is 13.8 Å². The molecule has 2 aromatic heterocycles. The van der Waals surface area contributed by atoms with Crippen LogP contribution < -0.4 is 4.90 Å². The zero-order chi connectivity index (χ0) is 15.1. The van der Waals surface area contributed by atoms with E-state index in [9.17, 15) is 0 Å². The predicted octanol–water partition coefficient (Wildman–Crippen LogP) is 1.95. The van der Waals surface area contributed by atoms with E-state index in [4.69, 9.17) is 0 Å². The maximum Gasteiger partial charge on any atom is 0.132 e. The summed E-state index contributed by atoms with van der Waals surface area (Å²) in [5, 5.41) is 0. The van der Waals surface area contributed by atoms with Gasteiger partial charge in [0.1, 0.15) is 12.1 Å².